The highest BCUT2D eigenvalue weighted by molar-refractivity contribution is 5.14. The Kier molecular flexibility index (Phi) is 9.16. The van der Waals surface area contributed by atoms with E-state index in [9.17, 15) is 5.11 Å². The summed E-state index contributed by atoms with van der Waals surface area (Å²) in [6, 6.07) is 0. The molecule has 2 fully saturated rings. The van der Waals surface area contributed by atoms with Crippen LogP contribution in [0.5, 0.6) is 0 Å². The molecule has 8 atom stereocenters. The van der Waals surface area contributed by atoms with Crippen molar-refractivity contribution in [3.05, 3.63) is 11.6 Å². The number of rotatable bonds is 11. The average Bonchev–Trinajstić information content (AvgIpc) is 3.09. The zero-order valence-corrected chi connectivity index (χ0v) is 21.8. The summed E-state index contributed by atoms with van der Waals surface area (Å²) >= 11 is 0. The van der Waals surface area contributed by atoms with Gasteiger partial charge in [-0.25, -0.2) is 0 Å². The Labute approximate surface area is 194 Å². The quantitative estimate of drug-likeness (QED) is 0.325. The average molecular weight is 431 g/mol. The Bertz CT molecular complexity index is 577. The third-order valence-corrected chi connectivity index (χ3v) is 10.4. The van der Waals surface area contributed by atoms with E-state index < -0.39 is 0 Å². The normalized spacial score (nSPS) is 35.9. The maximum atomic E-state index is 10.4. The van der Waals surface area contributed by atoms with Crippen molar-refractivity contribution in [2.45, 2.75) is 131 Å². The molecule has 3 aliphatic rings. The number of aliphatic hydroxyl groups is 1. The van der Waals surface area contributed by atoms with Crippen molar-refractivity contribution in [3.8, 4) is 0 Å². The van der Waals surface area contributed by atoms with Crippen molar-refractivity contribution in [1.29, 1.82) is 0 Å². The molecule has 0 aromatic carbocycles. The molecule has 180 valence electrons. The van der Waals surface area contributed by atoms with E-state index in [1.807, 2.05) is 0 Å². The molecule has 0 bridgehead atoms. The Hall–Kier alpha value is -0.300. The van der Waals surface area contributed by atoms with Crippen LogP contribution in [0.4, 0.5) is 0 Å². The predicted molar refractivity (Wildman–Crippen MR) is 135 cm³/mol. The molecule has 2 saturated carbocycles. The summed E-state index contributed by atoms with van der Waals surface area (Å²) in [7, 11) is 0. The summed E-state index contributed by atoms with van der Waals surface area (Å²) < 4.78 is 0. The number of allylic oxidation sites excluding steroid dienone is 1. The Balaban J connectivity index is 1.58. The molecule has 1 N–H and O–H groups in total. The Morgan fingerprint density at radius 2 is 1.84 bits per heavy atom. The van der Waals surface area contributed by atoms with E-state index in [0.717, 1.165) is 60.7 Å². The topological polar surface area (TPSA) is 20.2 Å². The lowest BCUT2D eigenvalue weighted by Crippen LogP contribution is -2.43. The Morgan fingerprint density at radius 3 is 2.52 bits per heavy atom. The monoisotopic (exact) mass is 430 g/mol. The summed E-state index contributed by atoms with van der Waals surface area (Å²) in [4.78, 5) is 0. The lowest BCUT2D eigenvalue weighted by molar-refractivity contribution is -0.00769. The first-order valence-electron chi connectivity index (χ1n) is 14.2. The van der Waals surface area contributed by atoms with Gasteiger partial charge >= 0.3 is 0 Å². The van der Waals surface area contributed by atoms with Crippen LogP contribution in [0.3, 0.4) is 0 Å². The van der Waals surface area contributed by atoms with Crippen LogP contribution in [0.1, 0.15) is 125 Å². The number of fused-ring (bicyclic) bond motifs is 3. The lowest BCUT2D eigenvalue weighted by atomic mass is 9.54. The highest BCUT2D eigenvalue weighted by Gasteiger charge is 2.54. The van der Waals surface area contributed by atoms with Crippen molar-refractivity contribution < 1.29 is 5.11 Å². The van der Waals surface area contributed by atoms with Gasteiger partial charge in [-0.05, 0) is 105 Å². The first kappa shape index (κ1) is 25.3. The van der Waals surface area contributed by atoms with Gasteiger partial charge in [0.25, 0.3) is 0 Å². The number of hydrogen-bond acceptors (Lipinski definition) is 1. The van der Waals surface area contributed by atoms with Crippen LogP contribution in [-0.2, 0) is 0 Å². The minimum Gasteiger partial charge on any atom is -0.393 e. The van der Waals surface area contributed by atoms with Crippen molar-refractivity contribution in [3.63, 3.8) is 0 Å². The van der Waals surface area contributed by atoms with Crippen molar-refractivity contribution in [2.75, 3.05) is 0 Å². The largest absolute Gasteiger partial charge is 0.393 e. The van der Waals surface area contributed by atoms with Crippen LogP contribution >= 0.6 is 0 Å². The molecular formula is C30H54O. The van der Waals surface area contributed by atoms with Gasteiger partial charge in [-0.3, -0.25) is 0 Å². The van der Waals surface area contributed by atoms with Crippen LogP contribution in [0.2, 0.25) is 0 Å². The van der Waals surface area contributed by atoms with Gasteiger partial charge in [0.15, 0.2) is 0 Å². The fraction of sp³-hybridized carbons (Fsp3) is 0.933. The van der Waals surface area contributed by atoms with Gasteiger partial charge in [0.05, 0.1) is 6.10 Å². The molecule has 3 rings (SSSR count). The first-order chi connectivity index (χ1) is 14.8. The number of aliphatic hydroxyl groups excluding tert-OH is 1. The van der Waals surface area contributed by atoms with Crippen molar-refractivity contribution >= 4 is 0 Å². The second kappa shape index (κ2) is 11.2. The van der Waals surface area contributed by atoms with Crippen LogP contribution in [0.15, 0.2) is 11.6 Å². The van der Waals surface area contributed by atoms with Crippen molar-refractivity contribution in [2.24, 2.45) is 46.8 Å². The van der Waals surface area contributed by atoms with E-state index in [0.29, 0.717) is 5.41 Å². The van der Waals surface area contributed by atoms with Crippen LogP contribution in [0.25, 0.3) is 0 Å². The molecule has 0 aromatic rings. The minimum absolute atomic E-state index is 0.105. The molecule has 3 aliphatic carbocycles. The standard InChI is InChI=1S/C30H54O/c1-7-9-10-26(31)20-23-12-14-27-25(19-23)17-18-30(6)28(15-16-29(27)30)22(5)11-13-24(8-2)21(3)4/h12,21-22,24-29,31H,7-11,13-20H2,1-6H3/t22-,24-,25-,26+,27-,28-,29+,30-/m1/s1. The summed E-state index contributed by atoms with van der Waals surface area (Å²) in [5.74, 6) is 6.36. The number of hydrogen-bond donors (Lipinski definition) is 1. The zero-order chi connectivity index (χ0) is 22.6. The van der Waals surface area contributed by atoms with Gasteiger partial charge in [-0.15, -0.1) is 0 Å². The molecule has 31 heavy (non-hydrogen) atoms. The molecule has 0 aromatic heterocycles. The fourth-order valence-corrected chi connectivity index (χ4v) is 8.37. The highest BCUT2D eigenvalue weighted by Crippen LogP contribution is 2.63. The van der Waals surface area contributed by atoms with Crippen LogP contribution in [-0.4, -0.2) is 11.2 Å². The molecule has 1 nitrogen and oxygen atoms in total. The molecule has 0 spiro atoms. The summed E-state index contributed by atoms with van der Waals surface area (Å²) in [6.07, 6.45) is 19.4. The van der Waals surface area contributed by atoms with Crippen LogP contribution < -0.4 is 0 Å². The summed E-state index contributed by atoms with van der Waals surface area (Å²) in [5.41, 5.74) is 2.17. The van der Waals surface area contributed by atoms with Gasteiger partial charge in [0.1, 0.15) is 0 Å². The molecule has 0 unspecified atom stereocenters. The van der Waals surface area contributed by atoms with Gasteiger partial charge in [0.2, 0.25) is 0 Å². The third kappa shape index (κ3) is 5.80. The van der Waals surface area contributed by atoms with Gasteiger partial charge in [-0.2, -0.15) is 0 Å². The molecule has 0 heterocycles. The maximum Gasteiger partial charge on any atom is 0.0577 e. The smallest absolute Gasteiger partial charge is 0.0577 e. The fourth-order valence-electron chi connectivity index (χ4n) is 8.37. The molecule has 0 aliphatic heterocycles. The lowest BCUT2D eigenvalue weighted by Gasteiger charge is -2.51. The predicted octanol–water partition coefficient (Wildman–Crippen LogP) is 8.81. The van der Waals surface area contributed by atoms with E-state index in [2.05, 4.69) is 47.6 Å². The second-order valence-corrected chi connectivity index (χ2v) is 12.5. The molecular weight excluding hydrogens is 376 g/mol. The highest BCUT2D eigenvalue weighted by atomic mass is 16.3. The zero-order valence-electron chi connectivity index (χ0n) is 21.8. The minimum atomic E-state index is -0.105. The van der Waals surface area contributed by atoms with Gasteiger partial charge in [-0.1, -0.05) is 78.9 Å². The van der Waals surface area contributed by atoms with Gasteiger partial charge < -0.3 is 5.11 Å². The van der Waals surface area contributed by atoms with E-state index in [4.69, 9.17) is 0 Å². The SMILES string of the molecule is CCCC[C@H](O)CC1=CC[C@@H]2[C@H](CC[C@]3(C)[C@@H]([C@H](C)CC[C@@H](CC)C(C)C)CC[C@@H]23)C1. The third-order valence-electron chi connectivity index (χ3n) is 10.4. The van der Waals surface area contributed by atoms with Crippen molar-refractivity contribution in [1.82, 2.24) is 0 Å². The van der Waals surface area contributed by atoms with Gasteiger partial charge in [0, 0.05) is 0 Å². The molecule has 1 heteroatoms. The van der Waals surface area contributed by atoms with E-state index in [1.165, 1.54) is 64.2 Å². The molecule has 0 amide bonds. The van der Waals surface area contributed by atoms with E-state index >= 15 is 0 Å². The summed E-state index contributed by atoms with van der Waals surface area (Å²) in [5, 5.41) is 10.4. The molecule has 0 radical (unpaired) electrons. The second-order valence-electron chi connectivity index (χ2n) is 12.5. The maximum absolute atomic E-state index is 10.4. The molecule has 0 saturated heterocycles. The Morgan fingerprint density at radius 1 is 1.06 bits per heavy atom. The first-order valence-corrected chi connectivity index (χ1v) is 14.2. The van der Waals surface area contributed by atoms with E-state index in [-0.39, 0.29) is 6.10 Å². The summed E-state index contributed by atoms with van der Waals surface area (Å²) in [6.45, 7) is 14.7. The number of unbranched alkanes of at least 4 members (excludes halogenated alkanes) is 1. The van der Waals surface area contributed by atoms with Crippen LogP contribution in [0, 0.1) is 46.8 Å². The van der Waals surface area contributed by atoms with E-state index in [1.54, 1.807) is 5.57 Å².